The van der Waals surface area contributed by atoms with Crippen LogP contribution in [0.25, 0.3) is 0 Å². The molecule has 0 aliphatic heterocycles. The zero-order valence-electron chi connectivity index (χ0n) is 10.1. The van der Waals surface area contributed by atoms with Crippen LogP contribution < -0.4 is 5.32 Å². The molecule has 17 heavy (non-hydrogen) atoms. The summed E-state index contributed by atoms with van der Waals surface area (Å²) in [5.74, 6) is 0.449. The van der Waals surface area contributed by atoms with Crippen molar-refractivity contribution in [2.75, 3.05) is 11.9 Å². The van der Waals surface area contributed by atoms with Crippen LogP contribution in [0.4, 0.5) is 5.69 Å². The van der Waals surface area contributed by atoms with E-state index in [-0.39, 0.29) is 11.9 Å². The maximum absolute atomic E-state index is 11.1. The Hall–Kier alpha value is -1.35. The summed E-state index contributed by atoms with van der Waals surface area (Å²) in [6, 6.07) is 7.49. The number of aliphatic hydroxyl groups excluding tert-OH is 1. The molecule has 0 bridgehead atoms. The van der Waals surface area contributed by atoms with E-state index >= 15 is 0 Å². The first-order valence-corrected chi connectivity index (χ1v) is 6.20. The fraction of sp³-hybridized carbons (Fsp3) is 0.500. The molecule has 0 heterocycles. The second-order valence-electron chi connectivity index (χ2n) is 4.77. The average molecular weight is 233 g/mol. The molecule has 92 valence electrons. The number of anilines is 1. The summed E-state index contributed by atoms with van der Waals surface area (Å²) in [6.07, 6.45) is 2.99. The van der Waals surface area contributed by atoms with Crippen molar-refractivity contribution in [3.63, 3.8) is 0 Å². The zero-order valence-corrected chi connectivity index (χ0v) is 10.1. The van der Waals surface area contributed by atoms with Gasteiger partial charge in [-0.1, -0.05) is 6.42 Å². The van der Waals surface area contributed by atoms with Crippen molar-refractivity contribution in [1.29, 1.82) is 0 Å². The fourth-order valence-corrected chi connectivity index (χ4v) is 2.33. The van der Waals surface area contributed by atoms with Gasteiger partial charge in [0.05, 0.1) is 6.10 Å². The third-order valence-electron chi connectivity index (χ3n) is 3.48. The number of carbonyl (C=O) groups excluding carboxylic acids is 1. The maximum Gasteiger partial charge on any atom is 0.159 e. The minimum absolute atomic E-state index is 0.0859. The van der Waals surface area contributed by atoms with Crippen LogP contribution in [0.15, 0.2) is 24.3 Å². The van der Waals surface area contributed by atoms with Gasteiger partial charge >= 0.3 is 0 Å². The molecule has 3 heteroatoms. The highest BCUT2D eigenvalue weighted by atomic mass is 16.3. The van der Waals surface area contributed by atoms with Crippen molar-refractivity contribution in [3.8, 4) is 0 Å². The molecule has 1 aromatic rings. The molecule has 2 atom stereocenters. The van der Waals surface area contributed by atoms with Gasteiger partial charge in [0.1, 0.15) is 0 Å². The predicted molar refractivity (Wildman–Crippen MR) is 68.3 cm³/mol. The lowest BCUT2D eigenvalue weighted by atomic mass is 10.1. The van der Waals surface area contributed by atoms with E-state index in [4.69, 9.17) is 0 Å². The minimum atomic E-state index is -0.154. The van der Waals surface area contributed by atoms with Crippen molar-refractivity contribution in [2.24, 2.45) is 5.92 Å². The van der Waals surface area contributed by atoms with Crippen LogP contribution in [-0.2, 0) is 0 Å². The van der Waals surface area contributed by atoms with E-state index in [9.17, 15) is 9.90 Å². The molecular formula is C14H19NO2. The first-order valence-electron chi connectivity index (χ1n) is 6.20. The smallest absolute Gasteiger partial charge is 0.159 e. The molecule has 0 aromatic heterocycles. The van der Waals surface area contributed by atoms with Crippen molar-refractivity contribution in [1.82, 2.24) is 0 Å². The highest BCUT2D eigenvalue weighted by Crippen LogP contribution is 2.25. The number of hydrogen-bond acceptors (Lipinski definition) is 3. The normalized spacial score (nSPS) is 23.6. The van der Waals surface area contributed by atoms with Gasteiger partial charge in [-0.05, 0) is 44.0 Å². The summed E-state index contributed by atoms with van der Waals surface area (Å²) < 4.78 is 0. The van der Waals surface area contributed by atoms with Crippen LogP contribution in [0.1, 0.15) is 36.5 Å². The highest BCUT2D eigenvalue weighted by Gasteiger charge is 2.24. The number of nitrogens with one attached hydrogen (secondary N) is 1. The number of Topliss-reactive ketones (excluding diaryl/α,β-unsaturated/α-hetero) is 1. The Morgan fingerprint density at radius 3 is 2.59 bits per heavy atom. The number of ketones is 1. The van der Waals surface area contributed by atoms with Gasteiger partial charge in [-0.25, -0.2) is 0 Å². The van der Waals surface area contributed by atoms with Crippen LogP contribution in [0.2, 0.25) is 0 Å². The molecule has 1 fully saturated rings. The summed E-state index contributed by atoms with van der Waals surface area (Å²) in [7, 11) is 0. The van der Waals surface area contributed by atoms with E-state index in [1.54, 1.807) is 6.92 Å². The largest absolute Gasteiger partial charge is 0.393 e. The number of carbonyl (C=O) groups is 1. The van der Waals surface area contributed by atoms with Gasteiger partial charge in [0.25, 0.3) is 0 Å². The topological polar surface area (TPSA) is 49.3 Å². The summed E-state index contributed by atoms with van der Waals surface area (Å²) in [4.78, 5) is 11.1. The number of aliphatic hydroxyl groups is 1. The SMILES string of the molecule is CC(=O)c1ccc(NCC2CCCC2O)cc1. The first-order chi connectivity index (χ1) is 8.16. The van der Waals surface area contributed by atoms with Gasteiger partial charge < -0.3 is 10.4 Å². The Morgan fingerprint density at radius 1 is 1.35 bits per heavy atom. The van der Waals surface area contributed by atoms with E-state index in [0.29, 0.717) is 5.92 Å². The number of rotatable bonds is 4. The molecule has 1 aromatic carbocycles. The summed E-state index contributed by atoms with van der Waals surface area (Å²) >= 11 is 0. The van der Waals surface area contributed by atoms with E-state index in [2.05, 4.69) is 5.32 Å². The molecule has 3 nitrogen and oxygen atoms in total. The molecule has 0 radical (unpaired) electrons. The van der Waals surface area contributed by atoms with Gasteiger partial charge in [0.15, 0.2) is 5.78 Å². The monoisotopic (exact) mass is 233 g/mol. The van der Waals surface area contributed by atoms with Crippen molar-refractivity contribution in [3.05, 3.63) is 29.8 Å². The molecule has 2 unspecified atom stereocenters. The lowest BCUT2D eigenvalue weighted by Gasteiger charge is -2.16. The Balaban J connectivity index is 1.88. The Kier molecular flexibility index (Phi) is 3.79. The summed E-state index contributed by atoms with van der Waals surface area (Å²) in [5, 5.41) is 13.0. The van der Waals surface area contributed by atoms with Crippen molar-refractivity contribution < 1.29 is 9.90 Å². The molecule has 0 amide bonds. The highest BCUT2D eigenvalue weighted by molar-refractivity contribution is 5.94. The van der Waals surface area contributed by atoms with Crippen LogP contribution >= 0.6 is 0 Å². The molecular weight excluding hydrogens is 214 g/mol. The standard InChI is InChI=1S/C14H19NO2/c1-10(16)11-5-7-13(8-6-11)15-9-12-3-2-4-14(12)17/h5-8,12,14-15,17H,2-4,9H2,1H3. The second-order valence-corrected chi connectivity index (χ2v) is 4.77. The first kappa shape index (κ1) is 12.1. The van der Waals surface area contributed by atoms with Crippen LogP contribution in [-0.4, -0.2) is 23.5 Å². The van der Waals surface area contributed by atoms with E-state index in [1.807, 2.05) is 24.3 Å². The predicted octanol–water partition coefficient (Wildman–Crippen LogP) is 2.46. The third-order valence-corrected chi connectivity index (χ3v) is 3.48. The fourth-order valence-electron chi connectivity index (χ4n) is 2.33. The lowest BCUT2D eigenvalue weighted by Crippen LogP contribution is -2.21. The molecule has 2 rings (SSSR count). The van der Waals surface area contributed by atoms with Crippen LogP contribution in [0, 0.1) is 5.92 Å². The van der Waals surface area contributed by atoms with Gasteiger partial charge in [-0.15, -0.1) is 0 Å². The van der Waals surface area contributed by atoms with Gasteiger partial charge in [-0.3, -0.25) is 4.79 Å². The molecule has 0 saturated heterocycles. The quantitative estimate of drug-likeness (QED) is 0.785. The van der Waals surface area contributed by atoms with E-state index in [1.165, 1.54) is 0 Å². The Morgan fingerprint density at radius 2 is 2.06 bits per heavy atom. The average Bonchev–Trinajstić information content (AvgIpc) is 2.73. The Labute approximate surface area is 102 Å². The van der Waals surface area contributed by atoms with Crippen molar-refractivity contribution in [2.45, 2.75) is 32.3 Å². The van der Waals surface area contributed by atoms with Crippen molar-refractivity contribution >= 4 is 11.5 Å². The third kappa shape index (κ3) is 3.07. The maximum atomic E-state index is 11.1. The number of hydrogen-bond donors (Lipinski definition) is 2. The molecule has 2 N–H and O–H groups in total. The Bertz CT molecular complexity index is 386. The van der Waals surface area contributed by atoms with Crippen LogP contribution in [0.3, 0.4) is 0 Å². The van der Waals surface area contributed by atoms with E-state index < -0.39 is 0 Å². The van der Waals surface area contributed by atoms with Gasteiger partial charge in [0, 0.05) is 23.7 Å². The van der Waals surface area contributed by atoms with Crippen LogP contribution in [0.5, 0.6) is 0 Å². The molecule has 1 aliphatic rings. The summed E-state index contributed by atoms with van der Waals surface area (Å²) in [5.41, 5.74) is 1.74. The molecule has 1 aliphatic carbocycles. The number of benzene rings is 1. The van der Waals surface area contributed by atoms with Gasteiger partial charge in [-0.2, -0.15) is 0 Å². The molecule has 1 saturated carbocycles. The minimum Gasteiger partial charge on any atom is -0.393 e. The summed E-state index contributed by atoms with van der Waals surface area (Å²) in [6.45, 7) is 2.37. The zero-order chi connectivity index (χ0) is 12.3. The van der Waals surface area contributed by atoms with E-state index in [0.717, 1.165) is 37.1 Å². The second kappa shape index (κ2) is 5.32. The molecule has 0 spiro atoms. The lowest BCUT2D eigenvalue weighted by molar-refractivity contribution is 0.101. The van der Waals surface area contributed by atoms with Gasteiger partial charge in [0.2, 0.25) is 0 Å².